The third-order valence-electron chi connectivity index (χ3n) is 2.60. The Morgan fingerprint density at radius 2 is 2.06 bits per heavy atom. The molecule has 8 heteroatoms. The number of aromatic nitrogens is 2. The molecule has 102 valence electrons. The topological polar surface area (TPSA) is 95.2 Å². The summed E-state index contributed by atoms with van der Waals surface area (Å²) in [6.45, 7) is 6.16. The van der Waals surface area contributed by atoms with Gasteiger partial charge in [0.2, 0.25) is 15.9 Å². The molecule has 0 radical (unpaired) electrons. The quantitative estimate of drug-likeness (QED) is 0.755. The standard InChI is InChI=1S/C10H18N4O3S/c1-4-14(5-2)10(15)7-12-18(16,17)9-6-11-13-8(9)3/h6,12H,4-5,7H2,1-3H3,(H,11,13). The molecule has 18 heavy (non-hydrogen) atoms. The first-order valence-corrected chi connectivity index (χ1v) is 7.18. The van der Waals surface area contributed by atoms with Crippen LogP contribution in [0.2, 0.25) is 0 Å². The first kappa shape index (κ1) is 14.7. The summed E-state index contributed by atoms with van der Waals surface area (Å²) in [7, 11) is -3.68. The summed E-state index contributed by atoms with van der Waals surface area (Å²) >= 11 is 0. The van der Waals surface area contributed by atoms with Crippen LogP contribution in [0.25, 0.3) is 0 Å². The number of carbonyl (C=O) groups is 1. The molecule has 1 aromatic rings. The van der Waals surface area contributed by atoms with Gasteiger partial charge in [-0.15, -0.1) is 0 Å². The fourth-order valence-electron chi connectivity index (χ4n) is 1.53. The number of carbonyl (C=O) groups excluding carboxylic acids is 1. The van der Waals surface area contributed by atoms with Crippen LogP contribution in [0.15, 0.2) is 11.1 Å². The van der Waals surface area contributed by atoms with Crippen LogP contribution in [-0.2, 0) is 14.8 Å². The maximum atomic E-state index is 11.9. The van der Waals surface area contributed by atoms with Crippen molar-refractivity contribution in [2.24, 2.45) is 0 Å². The Morgan fingerprint density at radius 3 is 2.50 bits per heavy atom. The van der Waals surface area contributed by atoms with E-state index in [1.165, 1.54) is 6.20 Å². The Kier molecular flexibility index (Phi) is 4.85. The van der Waals surface area contributed by atoms with Gasteiger partial charge >= 0.3 is 0 Å². The molecule has 0 spiro atoms. The van der Waals surface area contributed by atoms with Crippen LogP contribution in [-0.4, -0.2) is 49.1 Å². The molecule has 0 saturated carbocycles. The van der Waals surface area contributed by atoms with Gasteiger partial charge in [0, 0.05) is 13.1 Å². The SMILES string of the molecule is CCN(CC)C(=O)CNS(=O)(=O)c1cn[nH]c1C. The highest BCUT2D eigenvalue weighted by Crippen LogP contribution is 2.10. The molecule has 1 heterocycles. The largest absolute Gasteiger partial charge is 0.342 e. The first-order valence-electron chi connectivity index (χ1n) is 5.69. The Bertz CT molecular complexity index is 505. The fraction of sp³-hybridized carbons (Fsp3) is 0.600. The van der Waals surface area contributed by atoms with Gasteiger partial charge in [0.1, 0.15) is 4.90 Å². The van der Waals surface area contributed by atoms with E-state index >= 15 is 0 Å². The van der Waals surface area contributed by atoms with E-state index in [1.807, 2.05) is 13.8 Å². The van der Waals surface area contributed by atoms with E-state index in [1.54, 1.807) is 11.8 Å². The maximum absolute atomic E-state index is 11.9. The summed E-state index contributed by atoms with van der Waals surface area (Å²) < 4.78 is 26.0. The fourth-order valence-corrected chi connectivity index (χ4v) is 2.64. The van der Waals surface area contributed by atoms with Gasteiger partial charge in [-0.05, 0) is 20.8 Å². The van der Waals surface area contributed by atoms with E-state index in [-0.39, 0.29) is 17.3 Å². The summed E-state index contributed by atoms with van der Waals surface area (Å²) in [5, 5.41) is 6.19. The van der Waals surface area contributed by atoms with Gasteiger partial charge in [-0.25, -0.2) is 13.1 Å². The average Bonchev–Trinajstić information content (AvgIpc) is 2.75. The molecule has 0 unspecified atom stereocenters. The van der Waals surface area contributed by atoms with E-state index < -0.39 is 10.0 Å². The molecule has 0 atom stereocenters. The molecule has 1 amide bonds. The Morgan fingerprint density at radius 1 is 1.44 bits per heavy atom. The van der Waals surface area contributed by atoms with Gasteiger partial charge in [0.05, 0.1) is 18.4 Å². The Hall–Kier alpha value is -1.41. The number of nitrogens with one attached hydrogen (secondary N) is 2. The molecule has 0 saturated heterocycles. The van der Waals surface area contributed by atoms with Crippen LogP contribution in [0.5, 0.6) is 0 Å². The zero-order valence-corrected chi connectivity index (χ0v) is 11.5. The van der Waals surface area contributed by atoms with Crippen LogP contribution in [0.1, 0.15) is 19.5 Å². The van der Waals surface area contributed by atoms with Crippen LogP contribution in [0.4, 0.5) is 0 Å². The maximum Gasteiger partial charge on any atom is 0.244 e. The van der Waals surface area contributed by atoms with E-state index in [0.717, 1.165) is 0 Å². The van der Waals surface area contributed by atoms with Crippen LogP contribution in [0, 0.1) is 6.92 Å². The summed E-state index contributed by atoms with van der Waals surface area (Å²) in [5.74, 6) is -0.246. The second kappa shape index (κ2) is 5.96. The van der Waals surface area contributed by atoms with E-state index in [9.17, 15) is 13.2 Å². The average molecular weight is 274 g/mol. The van der Waals surface area contributed by atoms with E-state index in [4.69, 9.17) is 0 Å². The minimum absolute atomic E-state index is 0.0647. The number of aryl methyl sites for hydroxylation is 1. The van der Waals surface area contributed by atoms with Crippen molar-refractivity contribution in [3.63, 3.8) is 0 Å². The van der Waals surface area contributed by atoms with Crippen LogP contribution >= 0.6 is 0 Å². The zero-order valence-electron chi connectivity index (χ0n) is 10.7. The molecule has 0 bridgehead atoms. The molecule has 0 aromatic carbocycles. The van der Waals surface area contributed by atoms with Crippen molar-refractivity contribution in [2.75, 3.05) is 19.6 Å². The lowest BCUT2D eigenvalue weighted by Crippen LogP contribution is -2.40. The second-order valence-corrected chi connectivity index (χ2v) is 5.49. The Labute approximate surface area is 107 Å². The van der Waals surface area contributed by atoms with E-state index in [2.05, 4.69) is 14.9 Å². The van der Waals surface area contributed by atoms with Crippen molar-refractivity contribution in [1.29, 1.82) is 0 Å². The number of rotatable bonds is 6. The number of likely N-dealkylation sites (N-methyl/N-ethyl adjacent to an activating group) is 1. The van der Waals surface area contributed by atoms with Crippen molar-refractivity contribution < 1.29 is 13.2 Å². The number of nitrogens with zero attached hydrogens (tertiary/aromatic N) is 2. The summed E-state index contributed by atoms with van der Waals surface area (Å²) in [6, 6.07) is 0. The van der Waals surface area contributed by atoms with Crippen molar-refractivity contribution >= 4 is 15.9 Å². The number of hydrogen-bond donors (Lipinski definition) is 2. The molecule has 0 aliphatic heterocycles. The lowest BCUT2D eigenvalue weighted by Gasteiger charge is -2.18. The molecule has 0 fully saturated rings. The summed E-state index contributed by atoms with van der Waals surface area (Å²) in [4.78, 5) is 13.3. The van der Waals surface area contributed by atoms with E-state index in [0.29, 0.717) is 18.8 Å². The third-order valence-corrected chi connectivity index (χ3v) is 4.12. The third kappa shape index (κ3) is 3.30. The lowest BCUT2D eigenvalue weighted by atomic mass is 10.4. The summed E-state index contributed by atoms with van der Waals surface area (Å²) in [6.07, 6.45) is 1.22. The van der Waals surface area contributed by atoms with Gasteiger partial charge in [-0.1, -0.05) is 0 Å². The zero-order chi connectivity index (χ0) is 13.8. The highest BCUT2D eigenvalue weighted by Gasteiger charge is 2.20. The molecule has 2 N–H and O–H groups in total. The minimum atomic E-state index is -3.68. The predicted octanol–water partition coefficient (Wildman–Crippen LogP) is -0.135. The van der Waals surface area contributed by atoms with Crippen molar-refractivity contribution in [2.45, 2.75) is 25.7 Å². The lowest BCUT2D eigenvalue weighted by molar-refractivity contribution is -0.129. The number of hydrogen-bond acceptors (Lipinski definition) is 4. The molecular weight excluding hydrogens is 256 g/mol. The normalized spacial score (nSPS) is 11.5. The first-order chi connectivity index (χ1) is 8.42. The highest BCUT2D eigenvalue weighted by molar-refractivity contribution is 7.89. The number of H-pyrrole nitrogens is 1. The van der Waals surface area contributed by atoms with Gasteiger partial charge in [-0.3, -0.25) is 9.89 Å². The predicted molar refractivity (Wildman–Crippen MR) is 66.4 cm³/mol. The number of sulfonamides is 1. The highest BCUT2D eigenvalue weighted by atomic mass is 32.2. The van der Waals surface area contributed by atoms with Crippen molar-refractivity contribution in [3.8, 4) is 0 Å². The van der Waals surface area contributed by atoms with Crippen molar-refractivity contribution in [3.05, 3.63) is 11.9 Å². The minimum Gasteiger partial charge on any atom is -0.342 e. The molecule has 1 aromatic heterocycles. The smallest absolute Gasteiger partial charge is 0.244 e. The van der Waals surface area contributed by atoms with Gasteiger partial charge in [-0.2, -0.15) is 5.10 Å². The van der Waals surface area contributed by atoms with Crippen molar-refractivity contribution in [1.82, 2.24) is 19.8 Å². The second-order valence-electron chi connectivity index (χ2n) is 3.75. The molecular formula is C10H18N4O3S. The van der Waals surface area contributed by atoms with Gasteiger partial charge < -0.3 is 4.90 Å². The van der Waals surface area contributed by atoms with Crippen LogP contribution < -0.4 is 4.72 Å². The molecule has 0 aliphatic rings. The van der Waals surface area contributed by atoms with Crippen LogP contribution in [0.3, 0.4) is 0 Å². The molecule has 1 rings (SSSR count). The summed E-state index contributed by atoms with van der Waals surface area (Å²) in [5.41, 5.74) is 0.442. The molecule has 7 nitrogen and oxygen atoms in total. The van der Waals surface area contributed by atoms with Gasteiger partial charge in [0.25, 0.3) is 0 Å². The van der Waals surface area contributed by atoms with Gasteiger partial charge in [0.15, 0.2) is 0 Å². The number of aromatic amines is 1. The monoisotopic (exact) mass is 274 g/mol. The Balaban J connectivity index is 2.69. The number of amides is 1. The molecule has 0 aliphatic carbocycles.